The first kappa shape index (κ1) is 15.6. The van der Waals surface area contributed by atoms with Crippen molar-refractivity contribution < 1.29 is 9.53 Å². The Morgan fingerprint density at radius 2 is 2.10 bits per heavy atom. The number of carbonyl (C=O) groups is 1. The molecule has 2 rings (SSSR count). The summed E-state index contributed by atoms with van der Waals surface area (Å²) in [6.45, 7) is 0. The SMILES string of the molecule is COc1ccc(C(=O)NC2(CCl)CCCCC2)cc1Br. The van der Waals surface area contributed by atoms with E-state index in [9.17, 15) is 4.79 Å². The lowest BCUT2D eigenvalue weighted by atomic mass is 9.83. The van der Waals surface area contributed by atoms with E-state index in [1.807, 2.05) is 0 Å². The van der Waals surface area contributed by atoms with E-state index in [-0.39, 0.29) is 11.4 Å². The van der Waals surface area contributed by atoms with Crippen molar-refractivity contribution in [3.63, 3.8) is 0 Å². The fourth-order valence-electron chi connectivity index (χ4n) is 2.64. The highest BCUT2D eigenvalue weighted by Crippen LogP contribution is 2.30. The predicted molar refractivity (Wildman–Crippen MR) is 84.7 cm³/mol. The number of alkyl halides is 1. The van der Waals surface area contributed by atoms with Gasteiger partial charge >= 0.3 is 0 Å². The van der Waals surface area contributed by atoms with Crippen LogP contribution in [0.4, 0.5) is 0 Å². The second-order valence-corrected chi connectivity index (χ2v) is 6.40. The Morgan fingerprint density at radius 1 is 1.40 bits per heavy atom. The fraction of sp³-hybridized carbons (Fsp3) is 0.533. The van der Waals surface area contributed by atoms with Gasteiger partial charge in [0.25, 0.3) is 5.91 Å². The molecule has 0 radical (unpaired) electrons. The molecular formula is C15H19BrClNO2. The fourth-order valence-corrected chi connectivity index (χ4v) is 3.52. The third-order valence-electron chi connectivity index (χ3n) is 3.86. The van der Waals surface area contributed by atoms with E-state index in [0.29, 0.717) is 17.2 Å². The van der Waals surface area contributed by atoms with Crippen molar-refractivity contribution in [1.29, 1.82) is 0 Å². The average Bonchev–Trinajstić information content (AvgIpc) is 2.48. The molecule has 0 atom stereocenters. The number of ether oxygens (including phenoxy) is 1. The molecule has 0 heterocycles. The number of carbonyl (C=O) groups excluding carboxylic acids is 1. The third kappa shape index (κ3) is 3.47. The predicted octanol–water partition coefficient (Wildman–Crippen LogP) is 4.13. The Balaban J connectivity index is 2.12. The number of halogens is 2. The second kappa shape index (κ2) is 6.81. The first-order chi connectivity index (χ1) is 9.60. The topological polar surface area (TPSA) is 38.3 Å². The highest BCUT2D eigenvalue weighted by Gasteiger charge is 2.33. The van der Waals surface area contributed by atoms with Crippen molar-refractivity contribution in [1.82, 2.24) is 5.32 Å². The van der Waals surface area contributed by atoms with Crippen LogP contribution in [0.15, 0.2) is 22.7 Å². The maximum Gasteiger partial charge on any atom is 0.251 e. The molecule has 1 N–H and O–H groups in total. The summed E-state index contributed by atoms with van der Waals surface area (Å²) in [5, 5.41) is 3.13. The van der Waals surface area contributed by atoms with Crippen LogP contribution in [0.5, 0.6) is 5.75 Å². The van der Waals surface area contributed by atoms with E-state index < -0.39 is 0 Å². The molecule has 3 nitrogen and oxygen atoms in total. The van der Waals surface area contributed by atoms with Gasteiger partial charge in [-0.05, 0) is 47.0 Å². The van der Waals surface area contributed by atoms with E-state index in [0.717, 1.165) is 30.2 Å². The normalized spacial score (nSPS) is 17.6. The number of hydrogen-bond donors (Lipinski definition) is 1. The van der Waals surface area contributed by atoms with E-state index in [4.69, 9.17) is 16.3 Å². The molecule has 110 valence electrons. The summed E-state index contributed by atoms with van der Waals surface area (Å²) in [5.41, 5.74) is 0.372. The van der Waals surface area contributed by atoms with Crippen LogP contribution in [0.1, 0.15) is 42.5 Å². The zero-order valence-corrected chi connectivity index (χ0v) is 13.9. The van der Waals surface area contributed by atoms with Crippen LogP contribution >= 0.6 is 27.5 Å². The van der Waals surface area contributed by atoms with Gasteiger partial charge in [-0.15, -0.1) is 11.6 Å². The molecule has 1 fully saturated rings. The summed E-state index contributed by atoms with van der Waals surface area (Å²) in [6, 6.07) is 5.33. The molecule has 20 heavy (non-hydrogen) atoms. The van der Waals surface area contributed by atoms with Gasteiger partial charge in [0.2, 0.25) is 0 Å². The molecule has 0 spiro atoms. The van der Waals surface area contributed by atoms with Crippen molar-refractivity contribution in [2.75, 3.05) is 13.0 Å². The van der Waals surface area contributed by atoms with Crippen LogP contribution in [0.3, 0.4) is 0 Å². The largest absolute Gasteiger partial charge is 0.496 e. The molecule has 0 bridgehead atoms. The highest BCUT2D eigenvalue weighted by atomic mass is 79.9. The molecule has 1 aromatic carbocycles. The minimum atomic E-state index is -0.247. The number of nitrogens with one attached hydrogen (secondary N) is 1. The van der Waals surface area contributed by atoms with Crippen molar-refractivity contribution in [2.45, 2.75) is 37.6 Å². The Morgan fingerprint density at radius 3 is 2.65 bits per heavy atom. The minimum absolute atomic E-state index is 0.0732. The zero-order chi connectivity index (χ0) is 14.6. The molecule has 1 aliphatic rings. The quantitative estimate of drug-likeness (QED) is 0.820. The summed E-state index contributed by atoms with van der Waals surface area (Å²) in [5.74, 6) is 1.11. The Kier molecular flexibility index (Phi) is 5.33. The van der Waals surface area contributed by atoms with Crippen molar-refractivity contribution in [2.24, 2.45) is 0 Å². The summed E-state index contributed by atoms with van der Waals surface area (Å²) in [6.07, 6.45) is 5.39. The molecule has 1 saturated carbocycles. The van der Waals surface area contributed by atoms with Gasteiger partial charge in [0.1, 0.15) is 5.75 Å². The number of hydrogen-bond acceptors (Lipinski definition) is 2. The van der Waals surface area contributed by atoms with Gasteiger partial charge in [0, 0.05) is 11.4 Å². The smallest absolute Gasteiger partial charge is 0.251 e. The summed E-state index contributed by atoms with van der Waals surface area (Å²) < 4.78 is 5.95. The molecule has 0 aromatic heterocycles. The molecular weight excluding hydrogens is 342 g/mol. The van der Waals surface area contributed by atoms with Crippen molar-refractivity contribution in [3.8, 4) is 5.75 Å². The monoisotopic (exact) mass is 359 g/mol. The number of methoxy groups -OCH3 is 1. The maximum absolute atomic E-state index is 12.4. The standard InChI is InChI=1S/C15H19BrClNO2/c1-20-13-6-5-11(9-12(13)16)14(19)18-15(10-17)7-3-2-4-8-15/h5-6,9H,2-4,7-8,10H2,1H3,(H,18,19). The lowest BCUT2D eigenvalue weighted by Crippen LogP contribution is -2.51. The Labute approximate surface area is 133 Å². The zero-order valence-electron chi connectivity index (χ0n) is 11.5. The van der Waals surface area contributed by atoms with Crippen LogP contribution < -0.4 is 10.1 Å². The number of rotatable bonds is 4. The molecule has 0 saturated heterocycles. The number of amides is 1. The molecule has 0 aliphatic heterocycles. The van der Waals surface area contributed by atoms with Gasteiger partial charge in [-0.25, -0.2) is 0 Å². The van der Waals surface area contributed by atoms with E-state index in [1.54, 1.807) is 25.3 Å². The molecule has 5 heteroatoms. The summed E-state index contributed by atoms with van der Waals surface area (Å²) >= 11 is 9.50. The van der Waals surface area contributed by atoms with Crippen LogP contribution in [0, 0.1) is 0 Å². The lowest BCUT2D eigenvalue weighted by molar-refractivity contribution is 0.0884. The second-order valence-electron chi connectivity index (χ2n) is 5.28. The van der Waals surface area contributed by atoms with E-state index >= 15 is 0 Å². The Hall–Kier alpha value is -0.740. The molecule has 0 unspecified atom stereocenters. The van der Waals surface area contributed by atoms with Crippen molar-refractivity contribution in [3.05, 3.63) is 28.2 Å². The van der Waals surface area contributed by atoms with E-state index in [2.05, 4.69) is 21.2 Å². The van der Waals surface area contributed by atoms with Gasteiger partial charge < -0.3 is 10.1 Å². The summed E-state index contributed by atoms with van der Waals surface area (Å²) in [7, 11) is 1.60. The maximum atomic E-state index is 12.4. The van der Waals surface area contributed by atoms with Gasteiger partial charge in [-0.1, -0.05) is 19.3 Å². The van der Waals surface area contributed by atoms with E-state index in [1.165, 1.54) is 6.42 Å². The number of benzene rings is 1. The molecule has 1 amide bonds. The third-order valence-corrected chi connectivity index (χ3v) is 4.99. The minimum Gasteiger partial charge on any atom is -0.496 e. The van der Waals surface area contributed by atoms with Crippen molar-refractivity contribution >= 4 is 33.4 Å². The Bertz CT molecular complexity index is 487. The van der Waals surface area contributed by atoms with Crippen LogP contribution in [-0.2, 0) is 0 Å². The van der Waals surface area contributed by atoms with Gasteiger partial charge in [-0.2, -0.15) is 0 Å². The van der Waals surface area contributed by atoms with Crippen LogP contribution in [0.25, 0.3) is 0 Å². The summed E-state index contributed by atoms with van der Waals surface area (Å²) in [4.78, 5) is 12.4. The van der Waals surface area contributed by atoms with Gasteiger partial charge in [0.15, 0.2) is 0 Å². The first-order valence-electron chi connectivity index (χ1n) is 6.82. The van der Waals surface area contributed by atoms with Gasteiger partial charge in [0.05, 0.1) is 17.1 Å². The molecule has 1 aromatic rings. The first-order valence-corrected chi connectivity index (χ1v) is 8.15. The van der Waals surface area contributed by atoms with Crippen LogP contribution in [0.2, 0.25) is 0 Å². The van der Waals surface area contributed by atoms with Crippen LogP contribution in [-0.4, -0.2) is 24.4 Å². The lowest BCUT2D eigenvalue weighted by Gasteiger charge is -2.36. The molecule has 1 aliphatic carbocycles. The highest BCUT2D eigenvalue weighted by molar-refractivity contribution is 9.10. The van der Waals surface area contributed by atoms with Gasteiger partial charge in [-0.3, -0.25) is 4.79 Å². The average molecular weight is 361 g/mol.